The van der Waals surface area contributed by atoms with Gasteiger partial charge in [-0.25, -0.2) is 0 Å². The van der Waals surface area contributed by atoms with Crippen LogP contribution in [0, 0.1) is 5.92 Å². The molecule has 1 aromatic rings. The maximum absolute atomic E-state index is 12.1. The van der Waals surface area contributed by atoms with E-state index in [2.05, 4.69) is 12.2 Å². The quantitative estimate of drug-likeness (QED) is 0.895. The van der Waals surface area contributed by atoms with Crippen molar-refractivity contribution in [3.63, 3.8) is 0 Å². The monoisotopic (exact) mass is 275 g/mol. The fourth-order valence-electron chi connectivity index (χ4n) is 2.99. The van der Waals surface area contributed by atoms with Gasteiger partial charge in [0.2, 0.25) is 5.91 Å². The number of methoxy groups -OCH3 is 1. The van der Waals surface area contributed by atoms with Crippen molar-refractivity contribution in [2.75, 3.05) is 7.11 Å². The van der Waals surface area contributed by atoms with Gasteiger partial charge in [0, 0.05) is 6.04 Å². The van der Waals surface area contributed by atoms with Crippen LogP contribution in [0.25, 0.3) is 0 Å². The number of hydrogen-bond donors (Lipinski definition) is 1. The number of hydrogen-bond acceptors (Lipinski definition) is 2. The minimum atomic E-state index is 0.119. The molecule has 1 amide bonds. The summed E-state index contributed by atoms with van der Waals surface area (Å²) >= 11 is 0. The van der Waals surface area contributed by atoms with E-state index in [4.69, 9.17) is 4.74 Å². The first kappa shape index (κ1) is 14.9. The third-order valence-electron chi connectivity index (χ3n) is 4.27. The molecule has 1 atom stereocenters. The summed E-state index contributed by atoms with van der Waals surface area (Å²) in [5.41, 5.74) is 1.03. The lowest BCUT2D eigenvalue weighted by molar-refractivity contribution is -0.121. The van der Waals surface area contributed by atoms with Gasteiger partial charge in [-0.2, -0.15) is 0 Å². The van der Waals surface area contributed by atoms with E-state index in [0.717, 1.165) is 11.3 Å². The van der Waals surface area contributed by atoms with Crippen molar-refractivity contribution in [2.45, 2.75) is 51.5 Å². The van der Waals surface area contributed by atoms with E-state index in [1.54, 1.807) is 7.11 Å². The second-order valence-corrected chi connectivity index (χ2v) is 5.78. The predicted octanol–water partition coefficient (Wildman–Crippen LogP) is 3.32. The molecule has 1 aromatic carbocycles. The Labute approximate surface area is 121 Å². The van der Waals surface area contributed by atoms with E-state index in [1.807, 2.05) is 24.3 Å². The van der Waals surface area contributed by atoms with E-state index < -0.39 is 0 Å². The first-order valence-corrected chi connectivity index (χ1v) is 7.61. The number of rotatable bonds is 5. The van der Waals surface area contributed by atoms with Gasteiger partial charge in [0.15, 0.2) is 0 Å². The smallest absolute Gasteiger partial charge is 0.224 e. The van der Waals surface area contributed by atoms with Crippen LogP contribution in [-0.2, 0) is 11.2 Å². The van der Waals surface area contributed by atoms with Crippen molar-refractivity contribution in [1.29, 1.82) is 0 Å². The van der Waals surface area contributed by atoms with Crippen molar-refractivity contribution in [3.8, 4) is 5.75 Å². The van der Waals surface area contributed by atoms with E-state index >= 15 is 0 Å². The van der Waals surface area contributed by atoms with Gasteiger partial charge in [-0.1, -0.05) is 31.4 Å². The van der Waals surface area contributed by atoms with Crippen LogP contribution in [0.4, 0.5) is 0 Å². The Morgan fingerprint density at radius 2 is 1.90 bits per heavy atom. The third-order valence-corrected chi connectivity index (χ3v) is 4.27. The van der Waals surface area contributed by atoms with Gasteiger partial charge in [0.25, 0.3) is 0 Å². The Morgan fingerprint density at radius 3 is 2.50 bits per heavy atom. The molecule has 0 aliphatic heterocycles. The van der Waals surface area contributed by atoms with Crippen molar-refractivity contribution in [3.05, 3.63) is 29.8 Å². The van der Waals surface area contributed by atoms with Crippen LogP contribution >= 0.6 is 0 Å². The third kappa shape index (κ3) is 4.26. The molecule has 3 nitrogen and oxygen atoms in total. The summed E-state index contributed by atoms with van der Waals surface area (Å²) in [5, 5.41) is 3.16. The Morgan fingerprint density at radius 1 is 1.25 bits per heavy atom. The summed E-state index contributed by atoms with van der Waals surface area (Å²) in [6.07, 6.45) is 6.92. The van der Waals surface area contributed by atoms with Crippen LogP contribution < -0.4 is 10.1 Å². The van der Waals surface area contributed by atoms with Crippen LogP contribution in [0.5, 0.6) is 5.75 Å². The zero-order valence-electron chi connectivity index (χ0n) is 12.5. The lowest BCUT2D eigenvalue weighted by Gasteiger charge is -2.28. The maximum Gasteiger partial charge on any atom is 0.224 e. The van der Waals surface area contributed by atoms with Crippen molar-refractivity contribution < 1.29 is 9.53 Å². The van der Waals surface area contributed by atoms with Gasteiger partial charge >= 0.3 is 0 Å². The highest BCUT2D eigenvalue weighted by Gasteiger charge is 2.21. The fourth-order valence-corrected chi connectivity index (χ4v) is 2.99. The SMILES string of the molecule is COc1ccc(CC(=O)NC(C)C2CCCCC2)cc1. The zero-order chi connectivity index (χ0) is 14.4. The topological polar surface area (TPSA) is 38.3 Å². The first-order valence-electron chi connectivity index (χ1n) is 7.61. The number of ether oxygens (including phenoxy) is 1. The fraction of sp³-hybridized carbons (Fsp3) is 0.588. The largest absolute Gasteiger partial charge is 0.497 e. The second kappa shape index (κ2) is 7.32. The van der Waals surface area contributed by atoms with E-state index in [1.165, 1.54) is 32.1 Å². The summed E-state index contributed by atoms with van der Waals surface area (Å²) in [7, 11) is 1.65. The maximum atomic E-state index is 12.1. The molecule has 20 heavy (non-hydrogen) atoms. The van der Waals surface area contributed by atoms with Crippen LogP contribution in [0.15, 0.2) is 24.3 Å². The van der Waals surface area contributed by atoms with Gasteiger partial charge in [-0.3, -0.25) is 4.79 Å². The lowest BCUT2D eigenvalue weighted by atomic mass is 9.84. The molecule has 1 N–H and O–H groups in total. The van der Waals surface area contributed by atoms with Gasteiger partial charge < -0.3 is 10.1 Å². The molecular formula is C17H25NO2. The molecule has 1 fully saturated rings. The number of amides is 1. The zero-order valence-corrected chi connectivity index (χ0v) is 12.5. The van der Waals surface area contributed by atoms with Crippen LogP contribution in [0.3, 0.4) is 0 Å². The summed E-state index contributed by atoms with van der Waals surface area (Å²) in [6, 6.07) is 7.98. The molecule has 110 valence electrons. The lowest BCUT2D eigenvalue weighted by Crippen LogP contribution is -2.39. The number of carbonyl (C=O) groups excluding carboxylic acids is 1. The molecule has 0 spiro atoms. The molecule has 0 saturated heterocycles. The van der Waals surface area contributed by atoms with E-state index in [-0.39, 0.29) is 5.91 Å². The molecule has 2 rings (SSSR count). The molecular weight excluding hydrogens is 250 g/mol. The Bertz CT molecular complexity index is 421. The summed E-state index contributed by atoms with van der Waals surface area (Å²) in [4.78, 5) is 12.1. The van der Waals surface area contributed by atoms with Crippen molar-refractivity contribution >= 4 is 5.91 Å². The summed E-state index contributed by atoms with van der Waals surface area (Å²) in [5.74, 6) is 1.60. The minimum absolute atomic E-state index is 0.119. The van der Waals surface area contributed by atoms with Crippen LogP contribution in [0.1, 0.15) is 44.6 Å². The minimum Gasteiger partial charge on any atom is -0.497 e. The highest BCUT2D eigenvalue weighted by molar-refractivity contribution is 5.78. The van der Waals surface area contributed by atoms with Crippen LogP contribution in [-0.4, -0.2) is 19.1 Å². The molecule has 1 unspecified atom stereocenters. The van der Waals surface area contributed by atoms with Crippen molar-refractivity contribution in [1.82, 2.24) is 5.32 Å². The molecule has 0 aromatic heterocycles. The van der Waals surface area contributed by atoms with Gasteiger partial charge in [-0.15, -0.1) is 0 Å². The van der Waals surface area contributed by atoms with Gasteiger partial charge in [0.1, 0.15) is 5.75 Å². The number of carbonyl (C=O) groups is 1. The average molecular weight is 275 g/mol. The highest BCUT2D eigenvalue weighted by Crippen LogP contribution is 2.26. The summed E-state index contributed by atoms with van der Waals surface area (Å²) in [6.45, 7) is 2.14. The molecule has 0 heterocycles. The second-order valence-electron chi connectivity index (χ2n) is 5.78. The molecule has 1 aliphatic rings. The van der Waals surface area contributed by atoms with E-state index in [0.29, 0.717) is 18.4 Å². The molecule has 0 radical (unpaired) electrons. The Kier molecular flexibility index (Phi) is 5.45. The van der Waals surface area contributed by atoms with Gasteiger partial charge in [-0.05, 0) is 43.4 Å². The Balaban J connectivity index is 1.81. The first-order chi connectivity index (χ1) is 9.69. The molecule has 3 heteroatoms. The number of benzene rings is 1. The predicted molar refractivity (Wildman–Crippen MR) is 80.9 cm³/mol. The average Bonchev–Trinajstić information content (AvgIpc) is 2.49. The Hall–Kier alpha value is -1.51. The van der Waals surface area contributed by atoms with Crippen LogP contribution in [0.2, 0.25) is 0 Å². The van der Waals surface area contributed by atoms with E-state index in [9.17, 15) is 4.79 Å². The number of nitrogens with one attached hydrogen (secondary N) is 1. The molecule has 1 saturated carbocycles. The standard InChI is InChI=1S/C17H25NO2/c1-13(15-6-4-3-5-7-15)18-17(19)12-14-8-10-16(20-2)11-9-14/h8-11,13,15H,3-7,12H2,1-2H3,(H,18,19). The highest BCUT2D eigenvalue weighted by atomic mass is 16.5. The van der Waals surface area contributed by atoms with Gasteiger partial charge in [0.05, 0.1) is 13.5 Å². The van der Waals surface area contributed by atoms with Crippen molar-refractivity contribution in [2.24, 2.45) is 5.92 Å². The summed E-state index contributed by atoms with van der Waals surface area (Å²) < 4.78 is 5.12. The molecule has 0 bridgehead atoms. The molecule has 1 aliphatic carbocycles. The normalized spacial score (nSPS) is 17.5.